The standard InChI is InChI=1S/C28H29NO6/c1-16-7-6-8-20(13-21-9-10-22(27(30)31)14-24(21)28(32)33)25(16)15-35-26-17(2)11-23(12-18(26)3)19(4)29-34-5/h6-12,14H,13,15H2,1-5H3,(H,30,31)(H,32,33). The van der Waals surface area contributed by atoms with Crippen LogP contribution in [-0.4, -0.2) is 35.0 Å². The summed E-state index contributed by atoms with van der Waals surface area (Å²) in [6, 6.07) is 14.1. The van der Waals surface area contributed by atoms with Gasteiger partial charge in [0.15, 0.2) is 0 Å². The number of carboxylic acid groups (broad SMARTS) is 2. The van der Waals surface area contributed by atoms with E-state index in [0.717, 1.165) is 44.8 Å². The summed E-state index contributed by atoms with van der Waals surface area (Å²) in [5.74, 6) is -1.54. The van der Waals surface area contributed by atoms with Crippen LogP contribution in [0.4, 0.5) is 0 Å². The number of benzene rings is 3. The molecular formula is C28H29NO6. The van der Waals surface area contributed by atoms with E-state index < -0.39 is 11.9 Å². The molecule has 0 saturated heterocycles. The molecular weight excluding hydrogens is 446 g/mol. The number of oxime groups is 1. The molecule has 35 heavy (non-hydrogen) atoms. The summed E-state index contributed by atoms with van der Waals surface area (Å²) in [6.45, 7) is 8.14. The largest absolute Gasteiger partial charge is 0.488 e. The lowest BCUT2D eigenvalue weighted by Gasteiger charge is -2.18. The molecule has 3 aromatic carbocycles. The van der Waals surface area contributed by atoms with Gasteiger partial charge < -0.3 is 19.8 Å². The SMILES string of the molecule is CON=C(C)c1cc(C)c(OCc2c(C)cccc2Cc2ccc(C(=O)O)cc2C(=O)O)c(C)c1. The first-order chi connectivity index (χ1) is 16.6. The van der Waals surface area contributed by atoms with Crippen molar-refractivity contribution < 1.29 is 29.4 Å². The van der Waals surface area contributed by atoms with Crippen LogP contribution in [-0.2, 0) is 17.9 Å². The zero-order valence-corrected chi connectivity index (χ0v) is 20.5. The normalized spacial score (nSPS) is 11.3. The van der Waals surface area contributed by atoms with Gasteiger partial charge in [0.1, 0.15) is 19.5 Å². The molecule has 3 aromatic rings. The van der Waals surface area contributed by atoms with Crippen LogP contribution in [0.5, 0.6) is 5.75 Å². The van der Waals surface area contributed by atoms with Crippen molar-refractivity contribution in [3.05, 3.63) is 98.6 Å². The Hall–Kier alpha value is -4.13. The first kappa shape index (κ1) is 25.5. The molecule has 0 aromatic heterocycles. The Balaban J connectivity index is 1.92. The predicted molar refractivity (Wildman–Crippen MR) is 134 cm³/mol. The summed E-state index contributed by atoms with van der Waals surface area (Å²) in [6.07, 6.45) is 0.339. The van der Waals surface area contributed by atoms with Crippen LogP contribution >= 0.6 is 0 Å². The van der Waals surface area contributed by atoms with Gasteiger partial charge >= 0.3 is 11.9 Å². The molecule has 0 spiro atoms. The maximum Gasteiger partial charge on any atom is 0.336 e. The van der Waals surface area contributed by atoms with Crippen LogP contribution in [0.15, 0.2) is 53.7 Å². The minimum atomic E-state index is -1.16. The zero-order valence-electron chi connectivity index (χ0n) is 20.5. The highest BCUT2D eigenvalue weighted by atomic mass is 16.6. The van der Waals surface area contributed by atoms with Crippen molar-refractivity contribution in [1.82, 2.24) is 0 Å². The summed E-state index contributed by atoms with van der Waals surface area (Å²) in [4.78, 5) is 28.0. The van der Waals surface area contributed by atoms with Crippen LogP contribution in [0.25, 0.3) is 0 Å². The van der Waals surface area contributed by atoms with Crippen molar-refractivity contribution in [3.8, 4) is 5.75 Å². The number of rotatable bonds is 9. The zero-order chi connectivity index (χ0) is 25.7. The van der Waals surface area contributed by atoms with Gasteiger partial charge in [-0.1, -0.05) is 29.4 Å². The second-order valence-electron chi connectivity index (χ2n) is 8.46. The number of nitrogens with zero attached hydrogens (tertiary/aromatic N) is 1. The number of carbonyl (C=O) groups is 2. The van der Waals surface area contributed by atoms with Crippen molar-refractivity contribution >= 4 is 17.7 Å². The Morgan fingerprint density at radius 3 is 2.14 bits per heavy atom. The van der Waals surface area contributed by atoms with Crippen LogP contribution in [0.2, 0.25) is 0 Å². The van der Waals surface area contributed by atoms with Crippen LogP contribution in [0.1, 0.15) is 66.6 Å². The van der Waals surface area contributed by atoms with Gasteiger partial charge in [-0.3, -0.25) is 0 Å². The third-order valence-corrected chi connectivity index (χ3v) is 5.94. The predicted octanol–water partition coefficient (Wildman–Crippen LogP) is 5.55. The molecule has 0 atom stereocenters. The van der Waals surface area contributed by atoms with Gasteiger partial charge in [0.05, 0.1) is 16.8 Å². The van der Waals surface area contributed by atoms with Crippen molar-refractivity contribution in [2.45, 2.75) is 40.7 Å². The molecule has 0 saturated carbocycles. The number of hydrogen-bond donors (Lipinski definition) is 2. The number of ether oxygens (including phenoxy) is 1. The average molecular weight is 476 g/mol. The van der Waals surface area contributed by atoms with Gasteiger partial charge in [-0.15, -0.1) is 0 Å². The van der Waals surface area contributed by atoms with Gasteiger partial charge in [-0.05, 0) is 97.3 Å². The minimum Gasteiger partial charge on any atom is -0.488 e. The Morgan fingerprint density at radius 2 is 1.54 bits per heavy atom. The molecule has 0 radical (unpaired) electrons. The summed E-state index contributed by atoms with van der Waals surface area (Å²) in [5, 5.41) is 22.9. The van der Waals surface area contributed by atoms with E-state index in [4.69, 9.17) is 9.57 Å². The summed E-state index contributed by atoms with van der Waals surface area (Å²) in [5.41, 5.74) is 7.04. The van der Waals surface area contributed by atoms with Gasteiger partial charge in [-0.2, -0.15) is 0 Å². The fourth-order valence-corrected chi connectivity index (χ4v) is 4.12. The van der Waals surface area contributed by atoms with E-state index in [9.17, 15) is 19.8 Å². The van der Waals surface area contributed by atoms with Crippen LogP contribution in [0, 0.1) is 20.8 Å². The molecule has 0 aliphatic carbocycles. The Kier molecular flexibility index (Phi) is 7.91. The second-order valence-corrected chi connectivity index (χ2v) is 8.46. The molecule has 0 bridgehead atoms. The molecule has 0 heterocycles. The smallest absolute Gasteiger partial charge is 0.336 e. The average Bonchev–Trinajstić information content (AvgIpc) is 2.80. The Labute approximate surface area is 204 Å². The number of aryl methyl sites for hydroxylation is 3. The minimum absolute atomic E-state index is 0.0198. The third-order valence-electron chi connectivity index (χ3n) is 5.94. The van der Waals surface area contributed by atoms with E-state index >= 15 is 0 Å². The van der Waals surface area contributed by atoms with Crippen LogP contribution in [0.3, 0.4) is 0 Å². The molecule has 182 valence electrons. The third kappa shape index (κ3) is 5.87. The Bertz CT molecular complexity index is 1290. The van der Waals surface area contributed by atoms with Gasteiger partial charge in [0, 0.05) is 0 Å². The molecule has 0 amide bonds. The topological polar surface area (TPSA) is 105 Å². The molecule has 0 aliphatic rings. The fraction of sp³-hybridized carbons (Fsp3) is 0.250. The van der Waals surface area contributed by atoms with E-state index in [1.807, 2.05) is 58.0 Å². The molecule has 0 aliphatic heterocycles. The monoisotopic (exact) mass is 475 g/mol. The van der Waals surface area contributed by atoms with Crippen molar-refractivity contribution in [2.75, 3.05) is 7.11 Å². The lowest BCUT2D eigenvalue weighted by Crippen LogP contribution is -2.09. The van der Waals surface area contributed by atoms with E-state index in [2.05, 4.69) is 5.16 Å². The molecule has 0 fully saturated rings. The number of hydrogen-bond acceptors (Lipinski definition) is 5. The highest BCUT2D eigenvalue weighted by molar-refractivity contribution is 5.99. The summed E-state index contributed by atoms with van der Waals surface area (Å²) < 4.78 is 6.27. The molecule has 3 rings (SSSR count). The molecule has 2 N–H and O–H groups in total. The molecule has 0 unspecified atom stereocenters. The van der Waals surface area contributed by atoms with Gasteiger partial charge in [-0.25, -0.2) is 9.59 Å². The molecule has 7 heteroatoms. The van der Waals surface area contributed by atoms with E-state index in [0.29, 0.717) is 18.6 Å². The lowest BCUT2D eigenvalue weighted by atomic mass is 9.93. The van der Waals surface area contributed by atoms with Crippen molar-refractivity contribution in [3.63, 3.8) is 0 Å². The van der Waals surface area contributed by atoms with E-state index in [1.165, 1.54) is 19.2 Å². The highest BCUT2D eigenvalue weighted by Gasteiger charge is 2.17. The maximum absolute atomic E-state index is 11.8. The van der Waals surface area contributed by atoms with Gasteiger partial charge in [0.25, 0.3) is 0 Å². The van der Waals surface area contributed by atoms with Crippen molar-refractivity contribution in [1.29, 1.82) is 0 Å². The first-order valence-corrected chi connectivity index (χ1v) is 11.1. The van der Waals surface area contributed by atoms with E-state index in [-0.39, 0.29) is 11.1 Å². The fourth-order valence-electron chi connectivity index (χ4n) is 4.12. The molecule has 7 nitrogen and oxygen atoms in total. The second kappa shape index (κ2) is 10.9. The quantitative estimate of drug-likeness (QED) is 0.311. The maximum atomic E-state index is 11.8. The number of carboxylic acids is 2. The summed E-state index contributed by atoms with van der Waals surface area (Å²) in [7, 11) is 1.51. The lowest BCUT2D eigenvalue weighted by molar-refractivity contribution is 0.0695. The number of aromatic carboxylic acids is 2. The van der Waals surface area contributed by atoms with Gasteiger partial charge in [0.2, 0.25) is 0 Å². The summed E-state index contributed by atoms with van der Waals surface area (Å²) >= 11 is 0. The Morgan fingerprint density at radius 1 is 0.857 bits per heavy atom. The van der Waals surface area contributed by atoms with Crippen molar-refractivity contribution in [2.24, 2.45) is 5.16 Å². The highest BCUT2D eigenvalue weighted by Crippen LogP contribution is 2.28. The van der Waals surface area contributed by atoms with E-state index in [1.54, 1.807) is 6.07 Å². The van der Waals surface area contributed by atoms with Crippen LogP contribution < -0.4 is 4.74 Å². The first-order valence-electron chi connectivity index (χ1n) is 11.1.